The molecular weight excluding hydrogens is 297 g/mol. The fourth-order valence-electron chi connectivity index (χ4n) is 1.62. The molecule has 2 N–H and O–H groups in total. The van der Waals surface area contributed by atoms with E-state index in [9.17, 15) is 0 Å². The lowest BCUT2D eigenvalue weighted by atomic mass is 10.2. The predicted octanol–water partition coefficient (Wildman–Crippen LogP) is 3.71. The number of nitrogens with one attached hydrogen (secondary N) is 2. The molecule has 106 valence electrons. The van der Waals surface area contributed by atoms with Crippen molar-refractivity contribution in [1.82, 2.24) is 15.2 Å². The van der Waals surface area contributed by atoms with E-state index < -0.39 is 0 Å². The Balaban J connectivity index is 2.35. The Hall–Kier alpha value is -1.59. The lowest BCUT2D eigenvalue weighted by Gasteiger charge is -2.09. The fraction of sp³-hybridized carbons (Fsp3) is 0.308. The van der Waals surface area contributed by atoms with Crippen LogP contribution >= 0.6 is 23.2 Å². The van der Waals surface area contributed by atoms with E-state index in [4.69, 9.17) is 23.2 Å². The van der Waals surface area contributed by atoms with Crippen LogP contribution in [-0.2, 0) is 0 Å². The lowest BCUT2D eigenvalue weighted by Crippen LogP contribution is -2.09. The van der Waals surface area contributed by atoms with Crippen LogP contribution in [0.15, 0.2) is 18.2 Å². The molecule has 1 aromatic carbocycles. The molecule has 0 amide bonds. The van der Waals surface area contributed by atoms with Crippen molar-refractivity contribution in [2.24, 2.45) is 0 Å². The summed E-state index contributed by atoms with van der Waals surface area (Å²) in [6.07, 6.45) is 0.999. The third-order valence-electron chi connectivity index (χ3n) is 2.64. The zero-order valence-electron chi connectivity index (χ0n) is 11.2. The van der Waals surface area contributed by atoms with E-state index in [1.54, 1.807) is 19.2 Å². The van der Waals surface area contributed by atoms with Crippen LogP contribution in [0.4, 0.5) is 11.6 Å². The van der Waals surface area contributed by atoms with Gasteiger partial charge in [0.15, 0.2) is 17.5 Å². The van der Waals surface area contributed by atoms with Gasteiger partial charge in [-0.2, -0.15) is 0 Å². The minimum absolute atomic E-state index is 0.465. The third kappa shape index (κ3) is 3.29. The Morgan fingerprint density at radius 2 is 1.90 bits per heavy atom. The average Bonchev–Trinajstić information content (AvgIpc) is 2.47. The zero-order chi connectivity index (χ0) is 14.5. The predicted molar refractivity (Wildman–Crippen MR) is 83.6 cm³/mol. The van der Waals surface area contributed by atoms with Crippen molar-refractivity contribution >= 4 is 34.8 Å². The van der Waals surface area contributed by atoms with E-state index in [0.717, 1.165) is 18.5 Å². The number of benzene rings is 1. The Bertz CT molecular complexity index is 603. The number of anilines is 2. The second-order valence-electron chi connectivity index (χ2n) is 4.14. The van der Waals surface area contributed by atoms with Crippen molar-refractivity contribution < 1.29 is 0 Å². The number of hydrogen-bond donors (Lipinski definition) is 2. The van der Waals surface area contributed by atoms with Gasteiger partial charge in [0, 0.05) is 19.2 Å². The van der Waals surface area contributed by atoms with Crippen LogP contribution in [0.1, 0.15) is 13.3 Å². The first kappa shape index (κ1) is 14.8. The molecule has 0 unspecified atom stereocenters. The maximum absolute atomic E-state index is 6.00. The number of halogens is 2. The highest BCUT2D eigenvalue weighted by Crippen LogP contribution is 2.27. The Labute approximate surface area is 127 Å². The summed E-state index contributed by atoms with van der Waals surface area (Å²) in [7, 11) is 1.79. The smallest absolute Gasteiger partial charge is 0.191 e. The molecule has 0 saturated carbocycles. The Morgan fingerprint density at radius 3 is 2.55 bits per heavy atom. The summed E-state index contributed by atoms with van der Waals surface area (Å²) in [4.78, 5) is 4.44. The molecule has 0 aliphatic rings. The van der Waals surface area contributed by atoms with Crippen molar-refractivity contribution in [2.45, 2.75) is 13.3 Å². The summed E-state index contributed by atoms with van der Waals surface area (Å²) in [5.41, 5.74) is 0.769. The first-order chi connectivity index (χ1) is 9.65. The maximum Gasteiger partial charge on any atom is 0.191 e. The Morgan fingerprint density at radius 1 is 1.10 bits per heavy atom. The van der Waals surface area contributed by atoms with Crippen LogP contribution < -0.4 is 10.6 Å². The van der Waals surface area contributed by atoms with E-state index in [-0.39, 0.29) is 0 Å². The van der Waals surface area contributed by atoms with Crippen molar-refractivity contribution in [3.8, 4) is 11.4 Å². The largest absolute Gasteiger partial charge is 0.370 e. The maximum atomic E-state index is 6.00. The van der Waals surface area contributed by atoms with Crippen molar-refractivity contribution in [3.05, 3.63) is 28.2 Å². The summed E-state index contributed by atoms with van der Waals surface area (Å²) in [6, 6.07) is 5.24. The fourth-order valence-corrected chi connectivity index (χ4v) is 1.92. The standard InChI is InChI=1S/C13H15Cl2N5/c1-3-6-17-13-12(16-2)18-11(19-20-13)8-4-5-9(14)10(15)7-8/h4-5,7H,3,6H2,1-2H3,(H,17,20)(H,16,18,19). The highest BCUT2D eigenvalue weighted by atomic mass is 35.5. The Kier molecular flexibility index (Phi) is 4.98. The van der Waals surface area contributed by atoms with Gasteiger partial charge < -0.3 is 10.6 Å². The summed E-state index contributed by atoms with van der Waals surface area (Å²) in [5.74, 6) is 1.78. The molecule has 0 radical (unpaired) electrons. The monoisotopic (exact) mass is 311 g/mol. The van der Waals surface area contributed by atoms with E-state index in [2.05, 4.69) is 32.7 Å². The van der Waals surface area contributed by atoms with E-state index in [0.29, 0.717) is 27.5 Å². The molecule has 0 atom stereocenters. The normalized spacial score (nSPS) is 10.4. The van der Waals surface area contributed by atoms with Crippen LogP contribution in [0, 0.1) is 0 Å². The minimum atomic E-state index is 0.465. The summed E-state index contributed by atoms with van der Waals surface area (Å²) in [5, 5.41) is 15.4. The van der Waals surface area contributed by atoms with Gasteiger partial charge in [0.05, 0.1) is 10.0 Å². The van der Waals surface area contributed by atoms with Gasteiger partial charge in [-0.3, -0.25) is 0 Å². The van der Waals surface area contributed by atoms with Crippen LogP contribution in [0.5, 0.6) is 0 Å². The SMILES string of the molecule is CCCNc1nnc(-c2ccc(Cl)c(Cl)c2)nc1NC. The molecule has 5 nitrogen and oxygen atoms in total. The topological polar surface area (TPSA) is 62.7 Å². The molecule has 7 heteroatoms. The number of hydrogen-bond acceptors (Lipinski definition) is 5. The molecule has 0 bridgehead atoms. The van der Waals surface area contributed by atoms with Gasteiger partial charge in [0.25, 0.3) is 0 Å². The minimum Gasteiger partial charge on any atom is -0.370 e. The van der Waals surface area contributed by atoms with Gasteiger partial charge in [0.1, 0.15) is 0 Å². The molecule has 0 fully saturated rings. The molecule has 1 aromatic heterocycles. The molecule has 0 aliphatic heterocycles. The lowest BCUT2D eigenvalue weighted by molar-refractivity contribution is 0.927. The molecule has 0 spiro atoms. The van der Waals surface area contributed by atoms with Crippen molar-refractivity contribution in [3.63, 3.8) is 0 Å². The average molecular weight is 312 g/mol. The molecule has 20 heavy (non-hydrogen) atoms. The van der Waals surface area contributed by atoms with E-state index in [1.165, 1.54) is 0 Å². The molecule has 2 rings (SSSR count). The molecule has 1 heterocycles. The van der Waals surface area contributed by atoms with Gasteiger partial charge in [-0.1, -0.05) is 30.1 Å². The highest BCUT2D eigenvalue weighted by molar-refractivity contribution is 6.42. The summed E-state index contributed by atoms with van der Waals surface area (Å²) in [6.45, 7) is 2.90. The van der Waals surface area contributed by atoms with Crippen molar-refractivity contribution in [2.75, 3.05) is 24.2 Å². The van der Waals surface area contributed by atoms with Gasteiger partial charge in [0.2, 0.25) is 0 Å². The van der Waals surface area contributed by atoms with Crippen LogP contribution in [-0.4, -0.2) is 28.8 Å². The van der Waals surface area contributed by atoms with Crippen LogP contribution in [0.3, 0.4) is 0 Å². The van der Waals surface area contributed by atoms with Gasteiger partial charge >= 0.3 is 0 Å². The van der Waals surface area contributed by atoms with Crippen LogP contribution in [0.2, 0.25) is 10.0 Å². The van der Waals surface area contributed by atoms with Gasteiger partial charge in [-0.15, -0.1) is 10.2 Å². The highest BCUT2D eigenvalue weighted by Gasteiger charge is 2.10. The number of nitrogens with zero attached hydrogens (tertiary/aromatic N) is 3. The number of aromatic nitrogens is 3. The van der Waals surface area contributed by atoms with E-state index in [1.807, 2.05) is 6.07 Å². The second-order valence-corrected chi connectivity index (χ2v) is 4.95. The van der Waals surface area contributed by atoms with Gasteiger partial charge in [-0.25, -0.2) is 4.98 Å². The van der Waals surface area contributed by atoms with E-state index >= 15 is 0 Å². The molecular formula is C13H15Cl2N5. The zero-order valence-corrected chi connectivity index (χ0v) is 12.8. The first-order valence-corrected chi connectivity index (χ1v) is 7.03. The quantitative estimate of drug-likeness (QED) is 0.881. The second kappa shape index (κ2) is 6.72. The molecule has 0 aliphatic carbocycles. The van der Waals surface area contributed by atoms with Crippen LogP contribution in [0.25, 0.3) is 11.4 Å². The van der Waals surface area contributed by atoms with Gasteiger partial charge in [-0.05, 0) is 24.6 Å². The molecule has 2 aromatic rings. The third-order valence-corrected chi connectivity index (χ3v) is 3.38. The first-order valence-electron chi connectivity index (χ1n) is 6.27. The molecule has 0 saturated heterocycles. The summed E-state index contributed by atoms with van der Waals surface area (Å²) < 4.78 is 0. The summed E-state index contributed by atoms with van der Waals surface area (Å²) >= 11 is 11.9. The van der Waals surface area contributed by atoms with Crippen molar-refractivity contribution in [1.29, 1.82) is 0 Å². The number of rotatable bonds is 5.